The maximum absolute atomic E-state index is 5.07. The van der Waals surface area contributed by atoms with E-state index in [0.29, 0.717) is 0 Å². The van der Waals surface area contributed by atoms with Gasteiger partial charge in [-0.2, -0.15) is 0 Å². The van der Waals surface area contributed by atoms with Crippen molar-refractivity contribution in [1.82, 2.24) is 20.9 Å². The predicted molar refractivity (Wildman–Crippen MR) is 111 cm³/mol. The van der Waals surface area contributed by atoms with Crippen LogP contribution in [0.2, 0.25) is 0 Å². The summed E-state index contributed by atoms with van der Waals surface area (Å²) in [6.07, 6.45) is 1.07. The molecule has 0 spiro atoms. The van der Waals surface area contributed by atoms with Crippen molar-refractivity contribution in [3.8, 4) is 0 Å². The number of hydrogen-bond donors (Lipinski definition) is 3. The van der Waals surface area contributed by atoms with Crippen molar-refractivity contribution in [3.63, 3.8) is 0 Å². The van der Waals surface area contributed by atoms with Gasteiger partial charge in [0.1, 0.15) is 0 Å². The van der Waals surface area contributed by atoms with Crippen LogP contribution in [-0.2, 0) is 4.74 Å². The van der Waals surface area contributed by atoms with Gasteiger partial charge >= 0.3 is 0 Å². The van der Waals surface area contributed by atoms with E-state index in [2.05, 4.69) is 60.6 Å². The van der Waals surface area contributed by atoms with Crippen LogP contribution in [0, 0.1) is 0 Å². The Balaban J connectivity index is 0. The average Bonchev–Trinajstić information content (AvgIpc) is 2.42. The highest BCUT2D eigenvalue weighted by Crippen LogP contribution is 1.96. The van der Waals surface area contributed by atoms with Crippen molar-refractivity contribution < 1.29 is 4.74 Å². The van der Waals surface area contributed by atoms with E-state index >= 15 is 0 Å². The quantitative estimate of drug-likeness (QED) is 0.196. The molecule has 140 valence electrons. The molecule has 0 aliphatic carbocycles. The van der Waals surface area contributed by atoms with Gasteiger partial charge in [-0.25, -0.2) is 0 Å². The summed E-state index contributed by atoms with van der Waals surface area (Å²) in [6, 6.07) is 0. The van der Waals surface area contributed by atoms with Gasteiger partial charge in [0, 0.05) is 52.0 Å². The highest BCUT2D eigenvalue weighted by atomic mass is 127. The summed E-state index contributed by atoms with van der Waals surface area (Å²) in [5.41, 5.74) is 0.145. The lowest BCUT2D eigenvalue weighted by Gasteiger charge is -2.20. The molecule has 0 rings (SSSR count). The van der Waals surface area contributed by atoms with E-state index in [-0.39, 0.29) is 29.5 Å². The van der Waals surface area contributed by atoms with Crippen LogP contribution >= 0.6 is 24.0 Å². The van der Waals surface area contributed by atoms with Gasteiger partial charge in [-0.15, -0.1) is 24.0 Å². The second-order valence-corrected chi connectivity index (χ2v) is 6.51. The third-order valence-corrected chi connectivity index (χ3v) is 3.06. The molecule has 23 heavy (non-hydrogen) atoms. The van der Waals surface area contributed by atoms with Crippen molar-refractivity contribution in [1.29, 1.82) is 0 Å². The standard InChI is InChI=1S/C16H37N5O.HI/c1-7-17-15(18-9-10-20-16(2,3)4)19-11-13-21(5)12-8-14-22-6;/h20H,7-14H2,1-6H3,(H2,17,18,19);1H. The maximum Gasteiger partial charge on any atom is 0.191 e. The van der Waals surface area contributed by atoms with E-state index in [4.69, 9.17) is 4.74 Å². The van der Waals surface area contributed by atoms with E-state index in [1.165, 1.54) is 0 Å². The summed E-state index contributed by atoms with van der Waals surface area (Å²) in [4.78, 5) is 6.88. The van der Waals surface area contributed by atoms with Gasteiger partial charge in [-0.05, 0) is 41.2 Å². The first-order chi connectivity index (χ1) is 10.4. The Hall–Kier alpha value is -0.120. The number of methoxy groups -OCH3 is 1. The number of hydrogen-bond acceptors (Lipinski definition) is 4. The number of nitrogens with one attached hydrogen (secondary N) is 3. The highest BCUT2D eigenvalue weighted by Gasteiger charge is 2.07. The Bertz CT molecular complexity index is 295. The molecule has 0 aliphatic rings. The Morgan fingerprint density at radius 3 is 2.39 bits per heavy atom. The summed E-state index contributed by atoms with van der Waals surface area (Å²) in [7, 11) is 3.88. The minimum absolute atomic E-state index is 0. The van der Waals surface area contributed by atoms with Crippen LogP contribution in [0.25, 0.3) is 0 Å². The van der Waals surface area contributed by atoms with Crippen molar-refractivity contribution in [2.24, 2.45) is 4.99 Å². The van der Waals surface area contributed by atoms with Crippen LogP contribution in [0.3, 0.4) is 0 Å². The average molecular weight is 443 g/mol. The molecule has 0 amide bonds. The second kappa shape index (κ2) is 15.4. The van der Waals surface area contributed by atoms with Gasteiger partial charge in [0.2, 0.25) is 0 Å². The Kier molecular flexibility index (Phi) is 16.8. The number of aliphatic imine (C=N–C) groups is 1. The number of likely N-dealkylation sites (N-methyl/N-ethyl adjacent to an activating group) is 1. The molecule has 0 aromatic carbocycles. The van der Waals surface area contributed by atoms with Crippen LogP contribution in [0.1, 0.15) is 34.1 Å². The van der Waals surface area contributed by atoms with Gasteiger partial charge in [-0.1, -0.05) is 0 Å². The van der Waals surface area contributed by atoms with Crippen molar-refractivity contribution in [2.45, 2.75) is 39.7 Å². The molecule has 0 radical (unpaired) electrons. The molecule has 0 unspecified atom stereocenters. The van der Waals surface area contributed by atoms with Crippen LogP contribution in [0.4, 0.5) is 0 Å². The largest absolute Gasteiger partial charge is 0.385 e. The number of halogens is 1. The van der Waals surface area contributed by atoms with E-state index in [1.54, 1.807) is 7.11 Å². The summed E-state index contributed by atoms with van der Waals surface area (Å²) in [5.74, 6) is 0.892. The molecular weight excluding hydrogens is 405 g/mol. The van der Waals surface area contributed by atoms with Crippen LogP contribution in [0.15, 0.2) is 4.99 Å². The number of nitrogens with zero attached hydrogens (tertiary/aromatic N) is 2. The van der Waals surface area contributed by atoms with Crippen molar-refractivity contribution in [2.75, 3.05) is 60.0 Å². The molecule has 0 bridgehead atoms. The molecule has 0 atom stereocenters. The fraction of sp³-hybridized carbons (Fsp3) is 0.938. The van der Waals surface area contributed by atoms with E-state index in [0.717, 1.165) is 58.3 Å². The molecule has 0 heterocycles. The molecule has 0 aliphatic heterocycles. The first-order valence-corrected chi connectivity index (χ1v) is 8.33. The minimum Gasteiger partial charge on any atom is -0.385 e. The van der Waals surface area contributed by atoms with E-state index in [9.17, 15) is 0 Å². The number of ether oxygens (including phenoxy) is 1. The molecule has 0 aromatic rings. The van der Waals surface area contributed by atoms with Gasteiger partial charge in [0.05, 0.1) is 6.54 Å². The normalized spacial score (nSPS) is 12.2. The molecule has 7 heteroatoms. The van der Waals surface area contributed by atoms with Gasteiger partial charge in [0.15, 0.2) is 5.96 Å². The summed E-state index contributed by atoms with van der Waals surface area (Å²) < 4.78 is 5.07. The van der Waals surface area contributed by atoms with Crippen LogP contribution < -0.4 is 16.0 Å². The monoisotopic (exact) mass is 443 g/mol. The summed E-state index contributed by atoms with van der Waals surface area (Å²) in [5, 5.41) is 10.1. The minimum atomic E-state index is 0. The van der Waals surface area contributed by atoms with Crippen LogP contribution in [0.5, 0.6) is 0 Å². The van der Waals surface area contributed by atoms with Crippen molar-refractivity contribution in [3.05, 3.63) is 0 Å². The molecule has 0 saturated carbocycles. The number of rotatable bonds is 11. The predicted octanol–water partition coefficient (Wildman–Crippen LogP) is 1.52. The first kappa shape index (κ1) is 25.1. The van der Waals surface area contributed by atoms with Crippen molar-refractivity contribution >= 4 is 29.9 Å². The number of guanidine groups is 1. The zero-order chi connectivity index (χ0) is 16.8. The smallest absolute Gasteiger partial charge is 0.191 e. The second-order valence-electron chi connectivity index (χ2n) is 6.51. The molecule has 6 nitrogen and oxygen atoms in total. The molecule has 0 aromatic heterocycles. The topological polar surface area (TPSA) is 60.9 Å². The zero-order valence-corrected chi connectivity index (χ0v) is 18.2. The third-order valence-electron chi connectivity index (χ3n) is 3.06. The SMILES string of the molecule is CCNC(=NCCNC(C)(C)C)NCCN(C)CCCOC.I. The lowest BCUT2D eigenvalue weighted by molar-refractivity contribution is 0.180. The zero-order valence-electron chi connectivity index (χ0n) is 15.9. The highest BCUT2D eigenvalue weighted by molar-refractivity contribution is 14.0. The molecule has 0 fully saturated rings. The van der Waals surface area contributed by atoms with Crippen LogP contribution in [-0.4, -0.2) is 76.4 Å². The lowest BCUT2D eigenvalue weighted by Crippen LogP contribution is -2.42. The molecule has 3 N–H and O–H groups in total. The Morgan fingerprint density at radius 1 is 1.13 bits per heavy atom. The third kappa shape index (κ3) is 18.1. The Morgan fingerprint density at radius 2 is 1.83 bits per heavy atom. The van der Waals surface area contributed by atoms with E-state index < -0.39 is 0 Å². The molecular formula is C16H38IN5O. The summed E-state index contributed by atoms with van der Waals surface area (Å²) >= 11 is 0. The summed E-state index contributed by atoms with van der Waals surface area (Å²) in [6.45, 7) is 14.9. The Labute approximate surface area is 160 Å². The first-order valence-electron chi connectivity index (χ1n) is 8.33. The fourth-order valence-electron chi connectivity index (χ4n) is 1.90. The van der Waals surface area contributed by atoms with E-state index in [1.807, 2.05) is 0 Å². The molecule has 0 saturated heterocycles. The lowest BCUT2D eigenvalue weighted by atomic mass is 10.1. The fourth-order valence-corrected chi connectivity index (χ4v) is 1.90. The van der Waals surface area contributed by atoms with Gasteiger partial charge < -0.3 is 25.6 Å². The van der Waals surface area contributed by atoms with Gasteiger partial charge in [0.25, 0.3) is 0 Å². The maximum atomic E-state index is 5.07. The van der Waals surface area contributed by atoms with Gasteiger partial charge in [-0.3, -0.25) is 4.99 Å².